The van der Waals surface area contributed by atoms with E-state index < -0.39 is 12.1 Å². The van der Waals surface area contributed by atoms with E-state index in [-0.39, 0.29) is 5.97 Å². The molecule has 2 rings (SSSR count). The van der Waals surface area contributed by atoms with Crippen LogP contribution < -0.4 is 4.74 Å². The van der Waals surface area contributed by atoms with Gasteiger partial charge in [0.2, 0.25) is 0 Å². The van der Waals surface area contributed by atoms with Gasteiger partial charge in [-0.05, 0) is 57.2 Å². The molecule has 6 nitrogen and oxygen atoms in total. The number of hydrogen-bond acceptors (Lipinski definition) is 6. The number of ether oxygens (including phenoxy) is 2. The Morgan fingerprint density at radius 1 is 0.969 bits per heavy atom. The lowest BCUT2D eigenvalue weighted by molar-refractivity contribution is -0.151. The number of rotatable bonds is 4. The zero-order valence-electron chi connectivity index (χ0n) is 18.7. The maximum Gasteiger partial charge on any atom is 0.374 e. The Balaban J connectivity index is 1.88. The smallest absolute Gasteiger partial charge is 0.374 e. The molecule has 0 spiro atoms. The maximum atomic E-state index is 12.4. The number of cyclic esters (lactones) is 1. The first-order valence-corrected chi connectivity index (χ1v) is 12.2. The first kappa shape index (κ1) is 26.5. The predicted molar refractivity (Wildman–Crippen MR) is 126 cm³/mol. The summed E-state index contributed by atoms with van der Waals surface area (Å²) in [7, 11) is 0. The highest BCUT2D eigenvalue weighted by molar-refractivity contribution is 6.35. The Bertz CT molecular complexity index is 769. The summed E-state index contributed by atoms with van der Waals surface area (Å²) in [4.78, 5) is 29.3. The van der Waals surface area contributed by atoms with Crippen molar-refractivity contribution in [3.63, 3.8) is 0 Å². The Morgan fingerprint density at radius 2 is 1.59 bits per heavy atom. The van der Waals surface area contributed by atoms with Gasteiger partial charge in [-0.15, -0.1) is 0 Å². The van der Waals surface area contributed by atoms with Crippen LogP contribution in [0.4, 0.5) is 0 Å². The van der Waals surface area contributed by atoms with Gasteiger partial charge in [0.05, 0.1) is 17.3 Å². The molecule has 1 atom stereocenters. The van der Waals surface area contributed by atoms with Crippen molar-refractivity contribution in [2.45, 2.75) is 90.1 Å². The average Bonchev–Trinajstić information content (AvgIpc) is 2.76. The maximum absolute atomic E-state index is 12.4. The van der Waals surface area contributed by atoms with Crippen LogP contribution in [0.15, 0.2) is 23.4 Å². The molecule has 1 unspecified atom stereocenters. The molecule has 1 saturated heterocycles. The highest BCUT2D eigenvalue weighted by atomic mass is 35.5. The van der Waals surface area contributed by atoms with Crippen molar-refractivity contribution in [3.8, 4) is 5.75 Å². The quantitative estimate of drug-likeness (QED) is 0.263. The monoisotopic (exact) mass is 485 g/mol. The zero-order chi connectivity index (χ0) is 23.2. The lowest BCUT2D eigenvalue weighted by atomic mass is 10.0. The Hall–Kier alpha value is -1.79. The Kier molecular flexibility index (Phi) is 12.5. The summed E-state index contributed by atoms with van der Waals surface area (Å²) >= 11 is 12.0. The Labute approximate surface area is 200 Å². The molecule has 1 aromatic rings. The van der Waals surface area contributed by atoms with Crippen LogP contribution in [-0.2, 0) is 19.2 Å². The second-order valence-corrected chi connectivity index (χ2v) is 8.90. The van der Waals surface area contributed by atoms with Gasteiger partial charge < -0.3 is 14.3 Å². The van der Waals surface area contributed by atoms with Crippen molar-refractivity contribution in [1.29, 1.82) is 0 Å². The number of oxime groups is 1. The molecular weight excluding hydrogens is 453 g/mol. The van der Waals surface area contributed by atoms with E-state index in [1.54, 1.807) is 25.1 Å². The van der Waals surface area contributed by atoms with Gasteiger partial charge in [0.15, 0.2) is 6.10 Å². The summed E-state index contributed by atoms with van der Waals surface area (Å²) in [5, 5.41) is 4.89. The molecule has 0 N–H and O–H groups in total. The molecule has 1 aliphatic heterocycles. The first-order chi connectivity index (χ1) is 15.5. The molecule has 0 amide bonds. The van der Waals surface area contributed by atoms with E-state index in [1.807, 2.05) is 0 Å². The summed E-state index contributed by atoms with van der Waals surface area (Å²) in [6, 6.07) is 4.78. The number of carbonyl (C=O) groups excluding carboxylic acids is 2. The van der Waals surface area contributed by atoms with Crippen LogP contribution in [-0.4, -0.2) is 30.4 Å². The van der Waals surface area contributed by atoms with E-state index in [0.717, 1.165) is 44.2 Å². The Morgan fingerprint density at radius 3 is 2.28 bits per heavy atom. The lowest BCUT2D eigenvalue weighted by Crippen LogP contribution is -2.25. The van der Waals surface area contributed by atoms with Crippen LogP contribution >= 0.6 is 23.2 Å². The number of hydrogen-bond donors (Lipinski definition) is 0. The van der Waals surface area contributed by atoms with Crippen molar-refractivity contribution < 1.29 is 23.9 Å². The highest BCUT2D eigenvalue weighted by Gasteiger charge is 2.19. The molecule has 32 heavy (non-hydrogen) atoms. The third-order valence-corrected chi connectivity index (χ3v) is 5.79. The predicted octanol–water partition coefficient (Wildman–Crippen LogP) is 6.90. The summed E-state index contributed by atoms with van der Waals surface area (Å²) in [5.74, 6) is -0.407. The number of nitrogens with zero attached hydrogens (tertiary/aromatic N) is 1. The minimum atomic E-state index is -0.884. The number of esters is 1. The van der Waals surface area contributed by atoms with Crippen LogP contribution in [0, 0.1) is 0 Å². The molecule has 0 radical (unpaired) electrons. The molecule has 0 aromatic heterocycles. The lowest BCUT2D eigenvalue weighted by Gasteiger charge is -2.14. The number of halogens is 2. The molecule has 178 valence electrons. The largest absolute Gasteiger partial charge is 0.477 e. The van der Waals surface area contributed by atoms with E-state index in [2.05, 4.69) is 5.16 Å². The first-order valence-electron chi connectivity index (χ1n) is 11.5. The normalized spacial score (nSPS) is 19.7. The van der Waals surface area contributed by atoms with E-state index in [0.29, 0.717) is 41.7 Å². The number of benzene rings is 1. The molecule has 0 saturated carbocycles. The van der Waals surface area contributed by atoms with E-state index >= 15 is 0 Å². The SMILES string of the molecule is CC(Oc1ccc(Cl)cc1Cl)C(=O)O/N=C1\CCCCCCCCCCC(=O)OCCC1. The van der Waals surface area contributed by atoms with Crippen LogP contribution in [0.2, 0.25) is 10.0 Å². The van der Waals surface area contributed by atoms with Crippen LogP contribution in [0.25, 0.3) is 0 Å². The van der Waals surface area contributed by atoms with Gasteiger partial charge in [0, 0.05) is 11.4 Å². The van der Waals surface area contributed by atoms with Crippen molar-refractivity contribution in [1.82, 2.24) is 0 Å². The molecular formula is C24H33Cl2NO5. The van der Waals surface area contributed by atoms with Gasteiger partial charge in [0.1, 0.15) is 5.75 Å². The van der Waals surface area contributed by atoms with Crippen molar-refractivity contribution in [2.24, 2.45) is 5.16 Å². The topological polar surface area (TPSA) is 74.2 Å². The summed E-state index contributed by atoms with van der Waals surface area (Å²) in [5.41, 5.74) is 0.790. The second-order valence-electron chi connectivity index (χ2n) is 8.06. The van der Waals surface area contributed by atoms with Crippen molar-refractivity contribution in [3.05, 3.63) is 28.2 Å². The average molecular weight is 486 g/mol. The van der Waals surface area contributed by atoms with Crippen LogP contribution in [0.3, 0.4) is 0 Å². The molecule has 1 fully saturated rings. The van der Waals surface area contributed by atoms with E-state index in [9.17, 15) is 9.59 Å². The minimum absolute atomic E-state index is 0.145. The zero-order valence-corrected chi connectivity index (χ0v) is 20.3. The summed E-state index contributed by atoms with van der Waals surface area (Å²) < 4.78 is 10.9. The molecule has 8 heteroatoms. The van der Waals surface area contributed by atoms with E-state index in [1.165, 1.54) is 19.3 Å². The fourth-order valence-electron chi connectivity index (χ4n) is 3.40. The van der Waals surface area contributed by atoms with Gasteiger partial charge in [-0.2, -0.15) is 0 Å². The third-order valence-electron chi connectivity index (χ3n) is 5.26. The molecule has 0 aliphatic carbocycles. The highest BCUT2D eigenvalue weighted by Crippen LogP contribution is 2.28. The minimum Gasteiger partial charge on any atom is -0.477 e. The second kappa shape index (κ2) is 15.1. The summed E-state index contributed by atoms with van der Waals surface area (Å²) in [6.07, 6.45) is 10.4. The van der Waals surface area contributed by atoms with Gasteiger partial charge in [-0.3, -0.25) is 4.79 Å². The summed E-state index contributed by atoms with van der Waals surface area (Å²) in [6.45, 7) is 1.92. The van der Waals surface area contributed by atoms with Gasteiger partial charge in [0.25, 0.3) is 0 Å². The van der Waals surface area contributed by atoms with Crippen LogP contribution in [0.1, 0.15) is 84.0 Å². The standard InChI is InChI=1S/C24H33Cl2NO5/c1-18(31-22-15-14-19(25)17-21(22)26)24(29)32-27-20-11-8-6-4-2-3-5-7-9-13-23(28)30-16-10-12-20/h14-15,17-18H,2-13,16H2,1H3/b27-20+. The molecule has 0 bridgehead atoms. The van der Waals surface area contributed by atoms with Crippen LogP contribution in [0.5, 0.6) is 5.75 Å². The molecule has 1 heterocycles. The van der Waals surface area contributed by atoms with Gasteiger partial charge in [-0.1, -0.05) is 66.9 Å². The van der Waals surface area contributed by atoms with Gasteiger partial charge >= 0.3 is 11.9 Å². The fourth-order valence-corrected chi connectivity index (χ4v) is 3.86. The van der Waals surface area contributed by atoms with Crippen molar-refractivity contribution >= 4 is 40.9 Å². The number of carbonyl (C=O) groups is 2. The van der Waals surface area contributed by atoms with Gasteiger partial charge in [-0.25, -0.2) is 4.79 Å². The van der Waals surface area contributed by atoms with E-state index in [4.69, 9.17) is 37.5 Å². The molecule has 1 aliphatic rings. The molecule has 1 aromatic carbocycles. The van der Waals surface area contributed by atoms with Crippen molar-refractivity contribution in [2.75, 3.05) is 6.61 Å². The fraction of sp³-hybridized carbons (Fsp3) is 0.625. The third kappa shape index (κ3) is 10.7.